The van der Waals surface area contributed by atoms with Crippen molar-refractivity contribution in [1.29, 1.82) is 0 Å². The molecule has 6 nitrogen and oxygen atoms in total. The van der Waals surface area contributed by atoms with E-state index < -0.39 is 12.1 Å². The first-order valence-electron chi connectivity index (χ1n) is 8.19. The van der Waals surface area contributed by atoms with Crippen molar-refractivity contribution in [3.63, 3.8) is 0 Å². The van der Waals surface area contributed by atoms with Crippen molar-refractivity contribution in [3.05, 3.63) is 71.3 Å². The smallest absolute Gasteiger partial charge is 0.407 e. The van der Waals surface area contributed by atoms with Crippen LogP contribution in [-0.4, -0.2) is 25.7 Å². The fraction of sp³-hybridized carbons (Fsp3) is 0.200. The van der Waals surface area contributed by atoms with Crippen molar-refractivity contribution < 1.29 is 19.1 Å². The van der Waals surface area contributed by atoms with E-state index in [0.717, 1.165) is 11.1 Å². The van der Waals surface area contributed by atoms with Crippen LogP contribution in [0.4, 0.5) is 10.5 Å². The number of alkyl carbamates (subject to hydrolysis) is 1. The Labute approximate surface area is 152 Å². The molecule has 0 fully saturated rings. The molecule has 6 heteroatoms. The highest BCUT2D eigenvalue weighted by molar-refractivity contribution is 5.95. The van der Waals surface area contributed by atoms with Crippen molar-refractivity contribution in [2.45, 2.75) is 13.0 Å². The molecule has 2 aromatic rings. The summed E-state index contributed by atoms with van der Waals surface area (Å²) in [5, 5.41) is 2.68. The lowest BCUT2D eigenvalue weighted by Gasteiger charge is -2.06. The zero-order valence-electron chi connectivity index (χ0n) is 14.6. The van der Waals surface area contributed by atoms with E-state index in [9.17, 15) is 9.59 Å². The third-order valence-electron chi connectivity index (χ3n) is 3.58. The molecule has 3 N–H and O–H groups in total. The third kappa shape index (κ3) is 5.98. The molecule has 0 spiro atoms. The number of ether oxygens (including phenoxy) is 2. The monoisotopic (exact) mass is 354 g/mol. The number of rotatable bonds is 7. The zero-order valence-corrected chi connectivity index (χ0v) is 14.6. The predicted octanol–water partition coefficient (Wildman–Crippen LogP) is 3.39. The number of hydrogen-bond donors (Lipinski definition) is 2. The fourth-order valence-corrected chi connectivity index (χ4v) is 2.23. The lowest BCUT2D eigenvalue weighted by molar-refractivity contribution is 0.0602. The Kier molecular flexibility index (Phi) is 7.24. The molecule has 0 unspecified atom stereocenters. The summed E-state index contributed by atoms with van der Waals surface area (Å²) in [5.74, 6) is -0.462. The summed E-state index contributed by atoms with van der Waals surface area (Å²) >= 11 is 0. The first-order chi connectivity index (χ1) is 12.6. The van der Waals surface area contributed by atoms with Gasteiger partial charge in [0.1, 0.15) is 6.61 Å². The molecular formula is C20H22N2O4. The van der Waals surface area contributed by atoms with Gasteiger partial charge in [-0.3, -0.25) is 0 Å². The summed E-state index contributed by atoms with van der Waals surface area (Å²) in [7, 11) is 1.31. The number of nitrogens with two attached hydrogens (primary N) is 1. The number of hydrogen-bond acceptors (Lipinski definition) is 5. The van der Waals surface area contributed by atoms with Crippen LogP contribution in [0.25, 0.3) is 6.08 Å². The van der Waals surface area contributed by atoms with Crippen LogP contribution in [0.3, 0.4) is 0 Å². The van der Waals surface area contributed by atoms with Gasteiger partial charge in [-0.25, -0.2) is 9.59 Å². The highest BCUT2D eigenvalue weighted by Gasteiger charge is 2.09. The molecule has 0 aliphatic carbocycles. The van der Waals surface area contributed by atoms with Crippen LogP contribution in [0, 0.1) is 0 Å². The number of nitrogens with one attached hydrogen (secondary N) is 1. The normalized spacial score (nSPS) is 10.5. The highest BCUT2D eigenvalue weighted by Crippen LogP contribution is 2.16. The summed E-state index contributed by atoms with van der Waals surface area (Å²) in [6, 6.07) is 14.6. The molecule has 0 saturated heterocycles. The van der Waals surface area contributed by atoms with Crippen LogP contribution in [0.2, 0.25) is 0 Å². The van der Waals surface area contributed by atoms with Crippen LogP contribution in [0.1, 0.15) is 27.9 Å². The second kappa shape index (κ2) is 9.88. The van der Waals surface area contributed by atoms with Gasteiger partial charge in [0.15, 0.2) is 0 Å². The predicted molar refractivity (Wildman–Crippen MR) is 100 cm³/mol. The molecular weight excluding hydrogens is 332 g/mol. The quantitative estimate of drug-likeness (QED) is 0.452. The average molecular weight is 354 g/mol. The fourth-order valence-electron chi connectivity index (χ4n) is 2.23. The topological polar surface area (TPSA) is 90.6 Å². The maximum Gasteiger partial charge on any atom is 0.407 e. The van der Waals surface area contributed by atoms with Crippen molar-refractivity contribution >= 4 is 23.8 Å². The molecule has 136 valence electrons. The second-order valence-corrected chi connectivity index (χ2v) is 5.52. The van der Waals surface area contributed by atoms with Crippen LogP contribution in [0.5, 0.6) is 0 Å². The average Bonchev–Trinajstić information content (AvgIpc) is 2.66. The molecule has 0 aliphatic heterocycles. The van der Waals surface area contributed by atoms with Gasteiger partial charge in [-0.1, -0.05) is 48.6 Å². The van der Waals surface area contributed by atoms with Crippen molar-refractivity contribution in [3.8, 4) is 0 Å². The lowest BCUT2D eigenvalue weighted by Crippen LogP contribution is -2.24. The summed E-state index contributed by atoms with van der Waals surface area (Å²) in [6.07, 6.45) is 3.96. The minimum absolute atomic E-state index is 0.244. The Morgan fingerprint density at radius 1 is 1.15 bits per heavy atom. The Balaban J connectivity index is 1.71. The van der Waals surface area contributed by atoms with E-state index in [4.69, 9.17) is 10.5 Å². The van der Waals surface area contributed by atoms with Gasteiger partial charge in [-0.15, -0.1) is 0 Å². The summed E-state index contributed by atoms with van der Waals surface area (Å²) in [6.45, 7) is 0.703. The number of carbonyl (C=O) groups excluding carboxylic acids is 2. The maximum absolute atomic E-state index is 11.6. The van der Waals surface area contributed by atoms with Gasteiger partial charge in [-0.2, -0.15) is 0 Å². The van der Waals surface area contributed by atoms with Crippen molar-refractivity contribution in [2.24, 2.45) is 0 Å². The van der Waals surface area contributed by atoms with Gasteiger partial charge in [0.05, 0.1) is 12.7 Å². The first kappa shape index (κ1) is 19.1. The summed E-state index contributed by atoms with van der Waals surface area (Å²) in [4.78, 5) is 23.1. The summed E-state index contributed by atoms with van der Waals surface area (Å²) in [5.41, 5.74) is 8.35. The number of esters is 1. The van der Waals surface area contributed by atoms with Crippen molar-refractivity contribution in [2.75, 3.05) is 19.4 Å². The molecule has 2 aromatic carbocycles. The van der Waals surface area contributed by atoms with Gasteiger partial charge in [-0.05, 0) is 29.7 Å². The van der Waals surface area contributed by atoms with Crippen LogP contribution in [-0.2, 0) is 16.1 Å². The van der Waals surface area contributed by atoms with Gasteiger partial charge < -0.3 is 20.5 Å². The second-order valence-electron chi connectivity index (χ2n) is 5.52. The Hall–Kier alpha value is -3.28. The van der Waals surface area contributed by atoms with Crippen LogP contribution < -0.4 is 11.1 Å². The largest absolute Gasteiger partial charge is 0.465 e. The Morgan fingerprint density at radius 2 is 1.92 bits per heavy atom. The molecule has 2 rings (SSSR count). The Bertz CT molecular complexity index is 773. The first-order valence-corrected chi connectivity index (χ1v) is 8.19. The van der Waals surface area contributed by atoms with Gasteiger partial charge in [0.25, 0.3) is 0 Å². The maximum atomic E-state index is 11.6. The Morgan fingerprint density at radius 3 is 2.62 bits per heavy atom. The van der Waals surface area contributed by atoms with E-state index in [1.54, 1.807) is 18.2 Å². The molecule has 0 radical (unpaired) electrons. The molecule has 0 heterocycles. The number of amides is 1. The van der Waals surface area contributed by atoms with E-state index in [-0.39, 0.29) is 6.61 Å². The minimum atomic E-state index is -0.462. The third-order valence-corrected chi connectivity index (χ3v) is 3.58. The molecule has 0 saturated carbocycles. The van der Waals surface area contributed by atoms with Gasteiger partial charge in [0, 0.05) is 12.2 Å². The van der Waals surface area contributed by atoms with E-state index in [1.807, 2.05) is 42.5 Å². The van der Waals surface area contributed by atoms with Crippen LogP contribution >= 0.6 is 0 Å². The van der Waals surface area contributed by atoms with E-state index in [0.29, 0.717) is 24.2 Å². The van der Waals surface area contributed by atoms with Gasteiger partial charge >= 0.3 is 12.1 Å². The summed E-state index contributed by atoms with van der Waals surface area (Å²) < 4.78 is 9.77. The molecule has 26 heavy (non-hydrogen) atoms. The van der Waals surface area contributed by atoms with E-state index >= 15 is 0 Å². The van der Waals surface area contributed by atoms with Gasteiger partial charge in [0.2, 0.25) is 0 Å². The molecule has 0 aliphatic rings. The SMILES string of the molecule is COC(=O)c1ccc(C=CCCNC(=O)OCc2ccccc2)cc1N. The number of nitrogen functional groups attached to an aromatic ring is 1. The number of carbonyl (C=O) groups is 2. The lowest BCUT2D eigenvalue weighted by atomic mass is 10.1. The number of methoxy groups -OCH3 is 1. The van der Waals surface area contributed by atoms with Crippen molar-refractivity contribution in [1.82, 2.24) is 5.32 Å². The van der Waals surface area contributed by atoms with E-state index in [1.165, 1.54) is 7.11 Å². The number of anilines is 1. The highest BCUT2D eigenvalue weighted by atomic mass is 16.5. The molecule has 0 atom stereocenters. The standard InChI is InChI=1S/C20H22N2O4/c1-25-19(23)17-11-10-15(13-18(17)21)7-5-6-12-22-20(24)26-14-16-8-3-2-4-9-16/h2-5,7-11,13H,6,12,14,21H2,1H3,(H,22,24). The molecule has 0 aromatic heterocycles. The zero-order chi connectivity index (χ0) is 18.8. The minimum Gasteiger partial charge on any atom is -0.465 e. The van der Waals surface area contributed by atoms with Crippen LogP contribution in [0.15, 0.2) is 54.6 Å². The molecule has 1 amide bonds. The number of benzene rings is 2. The van der Waals surface area contributed by atoms with E-state index in [2.05, 4.69) is 10.1 Å². The molecule has 0 bridgehead atoms.